The Morgan fingerprint density at radius 3 is 2.22 bits per heavy atom. The predicted molar refractivity (Wildman–Crippen MR) is 146 cm³/mol. The molecule has 3 aromatic rings. The van der Waals surface area contributed by atoms with Crippen molar-refractivity contribution in [2.75, 3.05) is 24.1 Å². The van der Waals surface area contributed by atoms with Gasteiger partial charge in [-0.05, 0) is 93.8 Å². The van der Waals surface area contributed by atoms with Crippen LogP contribution in [0.15, 0.2) is 70.7 Å². The summed E-state index contributed by atoms with van der Waals surface area (Å²) < 4.78 is 39.3. The van der Waals surface area contributed by atoms with Crippen LogP contribution in [0, 0.1) is 20.8 Å². The number of amides is 1. The number of hydrogen-bond donors (Lipinski definition) is 1. The molecule has 3 aromatic carbocycles. The first-order chi connectivity index (χ1) is 17.6. The monoisotopic (exact) mass is 523 g/mol. The molecule has 1 N–H and O–H groups in total. The van der Waals surface area contributed by atoms with E-state index in [1.165, 1.54) is 18.3 Å². The van der Waals surface area contributed by atoms with Crippen molar-refractivity contribution in [1.29, 1.82) is 0 Å². The maximum Gasteiger partial charge on any atom is 0.264 e. The number of ether oxygens (including phenoxy) is 2. The molecule has 0 aliphatic rings. The molecular weight excluding hydrogens is 490 g/mol. The first kappa shape index (κ1) is 27.7. The van der Waals surface area contributed by atoms with Crippen LogP contribution < -0.4 is 19.2 Å². The minimum atomic E-state index is -4.00. The molecule has 0 atom stereocenters. The lowest BCUT2D eigenvalue weighted by Crippen LogP contribution is -2.39. The molecule has 0 aliphatic carbocycles. The van der Waals surface area contributed by atoms with E-state index in [9.17, 15) is 13.2 Å². The van der Waals surface area contributed by atoms with E-state index < -0.39 is 22.5 Å². The lowest BCUT2D eigenvalue weighted by Gasteiger charge is -2.24. The van der Waals surface area contributed by atoms with E-state index in [1.54, 1.807) is 42.5 Å². The molecule has 0 saturated carbocycles. The van der Waals surface area contributed by atoms with E-state index in [4.69, 9.17) is 9.47 Å². The van der Waals surface area contributed by atoms with Crippen molar-refractivity contribution in [3.63, 3.8) is 0 Å². The molecule has 0 aromatic heterocycles. The minimum absolute atomic E-state index is 0.102. The number of anilines is 1. The average Bonchev–Trinajstić information content (AvgIpc) is 2.86. The molecule has 0 bridgehead atoms. The van der Waals surface area contributed by atoms with Gasteiger partial charge in [0.1, 0.15) is 6.54 Å². The first-order valence-electron chi connectivity index (χ1n) is 12.0. The molecule has 3 rings (SSSR count). The summed E-state index contributed by atoms with van der Waals surface area (Å²) in [5, 5.41) is 4.02. The van der Waals surface area contributed by atoms with E-state index in [-0.39, 0.29) is 4.90 Å². The minimum Gasteiger partial charge on any atom is -0.490 e. The van der Waals surface area contributed by atoms with Gasteiger partial charge in [-0.1, -0.05) is 23.8 Å². The van der Waals surface area contributed by atoms with Crippen molar-refractivity contribution >= 4 is 27.8 Å². The molecular formula is C28H33N3O5S. The second-order valence-corrected chi connectivity index (χ2v) is 10.3. The highest BCUT2D eigenvalue weighted by Gasteiger charge is 2.27. The lowest BCUT2D eigenvalue weighted by molar-refractivity contribution is -0.119. The van der Waals surface area contributed by atoms with Gasteiger partial charge in [0.15, 0.2) is 11.5 Å². The zero-order valence-corrected chi connectivity index (χ0v) is 22.6. The predicted octanol–water partition coefficient (Wildman–Crippen LogP) is 4.75. The second kappa shape index (κ2) is 12.4. The highest BCUT2D eigenvalue weighted by atomic mass is 32.2. The van der Waals surface area contributed by atoms with Gasteiger partial charge in [-0.2, -0.15) is 5.10 Å². The lowest BCUT2D eigenvalue weighted by atomic mass is 10.1. The quantitative estimate of drug-likeness (QED) is 0.289. The van der Waals surface area contributed by atoms with Crippen molar-refractivity contribution < 1.29 is 22.7 Å². The smallest absolute Gasteiger partial charge is 0.264 e. The molecule has 196 valence electrons. The molecule has 0 saturated heterocycles. The normalized spacial score (nSPS) is 11.4. The number of nitrogens with zero attached hydrogens (tertiary/aromatic N) is 2. The summed E-state index contributed by atoms with van der Waals surface area (Å²) in [5.41, 5.74) is 6.39. The van der Waals surface area contributed by atoms with Crippen molar-refractivity contribution in [3.05, 3.63) is 82.9 Å². The Labute approximate surface area is 219 Å². The number of aryl methyl sites for hydroxylation is 3. The van der Waals surface area contributed by atoms with Gasteiger partial charge in [0.25, 0.3) is 15.9 Å². The maximum absolute atomic E-state index is 13.5. The Morgan fingerprint density at radius 1 is 0.892 bits per heavy atom. The summed E-state index contributed by atoms with van der Waals surface area (Å²) in [6.07, 6.45) is 1.46. The Hall–Kier alpha value is -3.85. The standard InChI is InChI=1S/C28H33N3O5S/c1-6-35-26-15-11-23(17-27(26)36-7-2)18-29-30-28(32)19-31(24-12-10-21(4)22(5)16-24)37(33,34)25-13-8-20(3)9-14-25/h8-18H,6-7,19H2,1-5H3,(H,30,32)/b29-18-. The van der Waals surface area contributed by atoms with Crippen molar-refractivity contribution in [3.8, 4) is 11.5 Å². The topological polar surface area (TPSA) is 97.3 Å². The number of hydrogen-bond acceptors (Lipinski definition) is 6. The molecule has 0 fully saturated rings. The van der Waals surface area contributed by atoms with Crippen molar-refractivity contribution in [2.24, 2.45) is 5.10 Å². The van der Waals surface area contributed by atoms with Gasteiger partial charge < -0.3 is 9.47 Å². The summed E-state index contributed by atoms with van der Waals surface area (Å²) in [7, 11) is -4.00. The number of carbonyl (C=O) groups is 1. The van der Waals surface area contributed by atoms with Crippen LogP contribution in [0.25, 0.3) is 0 Å². The van der Waals surface area contributed by atoms with Gasteiger partial charge >= 0.3 is 0 Å². The van der Waals surface area contributed by atoms with Crippen LogP contribution >= 0.6 is 0 Å². The Kier molecular flexibility index (Phi) is 9.30. The van der Waals surface area contributed by atoms with Crippen LogP contribution in [0.4, 0.5) is 5.69 Å². The van der Waals surface area contributed by atoms with Gasteiger partial charge in [-0.15, -0.1) is 0 Å². The summed E-state index contributed by atoms with van der Waals surface area (Å²) in [4.78, 5) is 12.9. The fraction of sp³-hybridized carbons (Fsp3) is 0.286. The summed E-state index contributed by atoms with van der Waals surface area (Å²) in [6, 6.07) is 17.1. The second-order valence-electron chi connectivity index (χ2n) is 8.46. The van der Waals surface area contributed by atoms with Crippen LogP contribution in [0.2, 0.25) is 0 Å². The molecule has 0 unspecified atom stereocenters. The number of carbonyl (C=O) groups excluding carboxylic acids is 1. The molecule has 37 heavy (non-hydrogen) atoms. The highest BCUT2D eigenvalue weighted by Crippen LogP contribution is 2.28. The first-order valence-corrected chi connectivity index (χ1v) is 13.5. The van der Waals surface area contributed by atoms with Crippen LogP contribution in [0.3, 0.4) is 0 Å². The molecule has 0 spiro atoms. The van der Waals surface area contributed by atoms with Gasteiger partial charge in [0.2, 0.25) is 0 Å². The summed E-state index contributed by atoms with van der Waals surface area (Å²) in [5.74, 6) is 0.613. The SMILES string of the molecule is CCOc1ccc(/C=N\NC(=O)CN(c2ccc(C)c(C)c2)S(=O)(=O)c2ccc(C)cc2)cc1OCC. The van der Waals surface area contributed by atoms with Crippen LogP contribution in [0.1, 0.15) is 36.1 Å². The maximum atomic E-state index is 13.5. The average molecular weight is 524 g/mol. The van der Waals surface area contributed by atoms with E-state index in [0.29, 0.717) is 36.0 Å². The molecule has 1 amide bonds. The van der Waals surface area contributed by atoms with E-state index in [1.807, 2.05) is 40.7 Å². The molecule has 0 aliphatic heterocycles. The van der Waals surface area contributed by atoms with Gasteiger partial charge in [-0.25, -0.2) is 13.8 Å². The third-order valence-electron chi connectivity index (χ3n) is 5.64. The fourth-order valence-electron chi connectivity index (χ4n) is 3.53. The number of benzene rings is 3. The summed E-state index contributed by atoms with van der Waals surface area (Å²) in [6.45, 7) is 10.0. The number of rotatable bonds is 11. The van der Waals surface area contributed by atoms with Gasteiger partial charge in [-0.3, -0.25) is 9.10 Å². The van der Waals surface area contributed by atoms with Crippen molar-refractivity contribution in [2.45, 2.75) is 39.5 Å². The number of hydrazone groups is 1. The van der Waals surface area contributed by atoms with Crippen molar-refractivity contribution in [1.82, 2.24) is 5.43 Å². The largest absolute Gasteiger partial charge is 0.490 e. The highest BCUT2D eigenvalue weighted by molar-refractivity contribution is 7.92. The van der Waals surface area contributed by atoms with Gasteiger partial charge in [0, 0.05) is 0 Å². The Balaban J connectivity index is 1.82. The zero-order chi connectivity index (χ0) is 27.0. The van der Waals surface area contributed by atoms with E-state index >= 15 is 0 Å². The summed E-state index contributed by atoms with van der Waals surface area (Å²) >= 11 is 0. The van der Waals surface area contributed by atoms with E-state index in [0.717, 1.165) is 21.0 Å². The number of nitrogens with one attached hydrogen (secondary N) is 1. The Morgan fingerprint density at radius 2 is 1.57 bits per heavy atom. The zero-order valence-electron chi connectivity index (χ0n) is 21.8. The van der Waals surface area contributed by atoms with Crippen LogP contribution in [-0.4, -0.2) is 40.3 Å². The Bertz CT molecular complexity index is 1370. The third kappa shape index (κ3) is 7.10. The van der Waals surface area contributed by atoms with Crippen LogP contribution in [0.5, 0.6) is 11.5 Å². The number of sulfonamides is 1. The molecule has 0 radical (unpaired) electrons. The van der Waals surface area contributed by atoms with Crippen LogP contribution in [-0.2, 0) is 14.8 Å². The third-order valence-corrected chi connectivity index (χ3v) is 7.43. The van der Waals surface area contributed by atoms with E-state index in [2.05, 4.69) is 10.5 Å². The molecule has 8 nitrogen and oxygen atoms in total. The van der Waals surface area contributed by atoms with Gasteiger partial charge in [0.05, 0.1) is 30.0 Å². The molecule has 0 heterocycles. The fourth-order valence-corrected chi connectivity index (χ4v) is 4.94. The molecule has 9 heteroatoms.